The molecule has 0 radical (unpaired) electrons. The Hall–Kier alpha value is -1.98. The van der Waals surface area contributed by atoms with Gasteiger partial charge in [0.25, 0.3) is 11.7 Å². The van der Waals surface area contributed by atoms with Crippen LogP contribution in [0.2, 0.25) is 0 Å². The van der Waals surface area contributed by atoms with Crippen LogP contribution in [0.25, 0.3) is 5.78 Å². The van der Waals surface area contributed by atoms with Gasteiger partial charge in [-0.25, -0.2) is 4.98 Å². The molecule has 3 heterocycles. The number of hydrogen-bond donors (Lipinski definition) is 0. The minimum atomic E-state index is -0.0167. The molecule has 0 unspecified atom stereocenters. The number of amides is 1. The van der Waals surface area contributed by atoms with Crippen LogP contribution in [0.3, 0.4) is 0 Å². The van der Waals surface area contributed by atoms with E-state index in [0.717, 1.165) is 25.2 Å². The first kappa shape index (κ1) is 12.7. The molecule has 2 aromatic rings. The third-order valence-corrected chi connectivity index (χ3v) is 5.00. The number of aryl methyl sites for hydroxylation is 1. The van der Waals surface area contributed by atoms with Gasteiger partial charge in [0.15, 0.2) is 0 Å². The first-order chi connectivity index (χ1) is 10.2. The summed E-state index contributed by atoms with van der Waals surface area (Å²) in [4.78, 5) is 19.0. The average molecular weight is 285 g/mol. The summed E-state index contributed by atoms with van der Waals surface area (Å²) in [5.74, 6) is 0.859. The topological polar surface area (TPSA) is 63.4 Å². The maximum Gasteiger partial charge on any atom is 0.292 e. The zero-order valence-corrected chi connectivity index (χ0v) is 12.2. The molecule has 21 heavy (non-hydrogen) atoms. The van der Waals surface area contributed by atoms with E-state index in [9.17, 15) is 4.79 Å². The summed E-state index contributed by atoms with van der Waals surface area (Å²) in [7, 11) is 0. The third kappa shape index (κ3) is 2.01. The molecule has 1 aliphatic carbocycles. The number of nitrogens with zero attached hydrogens (tertiary/aromatic N) is 5. The Labute approximate surface area is 123 Å². The second-order valence-electron chi connectivity index (χ2n) is 6.45. The predicted octanol–water partition coefficient (Wildman–Crippen LogP) is 1.84. The van der Waals surface area contributed by atoms with Crippen molar-refractivity contribution in [3.8, 4) is 0 Å². The van der Waals surface area contributed by atoms with Crippen LogP contribution in [0.5, 0.6) is 0 Å². The smallest absolute Gasteiger partial charge is 0.292 e. The fraction of sp³-hybridized carbons (Fsp3) is 0.600. The lowest BCUT2D eigenvalue weighted by Gasteiger charge is -2.23. The highest BCUT2D eigenvalue weighted by Crippen LogP contribution is 2.45. The van der Waals surface area contributed by atoms with Crippen LogP contribution in [0.1, 0.15) is 48.4 Å². The van der Waals surface area contributed by atoms with Crippen molar-refractivity contribution in [2.45, 2.75) is 39.0 Å². The maximum absolute atomic E-state index is 12.7. The highest BCUT2D eigenvalue weighted by molar-refractivity contribution is 5.91. The van der Waals surface area contributed by atoms with E-state index in [2.05, 4.69) is 15.2 Å². The molecule has 4 rings (SSSR count). The van der Waals surface area contributed by atoms with E-state index in [4.69, 9.17) is 0 Å². The zero-order chi connectivity index (χ0) is 14.4. The number of rotatable bonds is 1. The normalized spacial score (nSPS) is 20.7. The number of carbonyl (C=O) groups is 1. The molecule has 1 saturated carbocycles. The van der Waals surface area contributed by atoms with Crippen LogP contribution in [-0.2, 0) is 0 Å². The van der Waals surface area contributed by atoms with Crippen molar-refractivity contribution in [2.75, 3.05) is 13.1 Å². The minimum Gasteiger partial charge on any atom is -0.335 e. The summed E-state index contributed by atoms with van der Waals surface area (Å²) >= 11 is 0. The summed E-state index contributed by atoms with van der Waals surface area (Å²) < 4.78 is 1.69. The van der Waals surface area contributed by atoms with Crippen LogP contribution >= 0.6 is 0 Å². The Morgan fingerprint density at radius 2 is 2.05 bits per heavy atom. The van der Waals surface area contributed by atoms with E-state index < -0.39 is 0 Å². The predicted molar refractivity (Wildman–Crippen MR) is 76.9 cm³/mol. The number of fused-ring (bicyclic) bond motifs is 1. The Kier molecular flexibility index (Phi) is 2.74. The highest BCUT2D eigenvalue weighted by atomic mass is 16.2. The lowest BCUT2D eigenvalue weighted by atomic mass is 9.86. The summed E-state index contributed by atoms with van der Waals surface area (Å²) in [5, 5.41) is 8.07. The van der Waals surface area contributed by atoms with Gasteiger partial charge in [-0.1, -0.05) is 12.8 Å². The van der Waals surface area contributed by atoms with E-state index in [-0.39, 0.29) is 5.91 Å². The van der Waals surface area contributed by atoms with Crippen LogP contribution < -0.4 is 0 Å². The SMILES string of the molecule is Cc1ccn2c(C(=O)N3CCC4(CCCC4)C3)nnc2n1. The lowest BCUT2D eigenvalue weighted by molar-refractivity contribution is 0.0759. The Morgan fingerprint density at radius 1 is 1.24 bits per heavy atom. The fourth-order valence-corrected chi connectivity index (χ4v) is 3.80. The van der Waals surface area contributed by atoms with E-state index in [1.807, 2.05) is 24.1 Å². The second-order valence-corrected chi connectivity index (χ2v) is 6.45. The summed E-state index contributed by atoms with van der Waals surface area (Å²) in [6.45, 7) is 3.62. The van der Waals surface area contributed by atoms with Crippen molar-refractivity contribution in [1.29, 1.82) is 0 Å². The highest BCUT2D eigenvalue weighted by Gasteiger charge is 2.42. The molecule has 6 heteroatoms. The van der Waals surface area contributed by atoms with Crippen molar-refractivity contribution in [1.82, 2.24) is 24.5 Å². The van der Waals surface area contributed by atoms with Crippen molar-refractivity contribution >= 4 is 11.7 Å². The summed E-state index contributed by atoms with van der Waals surface area (Å²) in [5.41, 5.74) is 1.25. The average Bonchev–Trinajstić information content (AvgIpc) is 3.19. The zero-order valence-electron chi connectivity index (χ0n) is 12.2. The van der Waals surface area contributed by atoms with E-state index in [1.165, 1.54) is 25.7 Å². The van der Waals surface area contributed by atoms with Crippen LogP contribution in [0, 0.1) is 12.3 Å². The summed E-state index contributed by atoms with van der Waals surface area (Å²) in [6, 6.07) is 1.87. The Morgan fingerprint density at radius 3 is 2.86 bits per heavy atom. The molecule has 1 aliphatic heterocycles. The van der Waals surface area contributed by atoms with Gasteiger partial charge >= 0.3 is 0 Å². The van der Waals surface area contributed by atoms with Gasteiger partial charge in [0, 0.05) is 25.0 Å². The molecule has 2 fully saturated rings. The van der Waals surface area contributed by atoms with Gasteiger partial charge in [0.1, 0.15) is 0 Å². The van der Waals surface area contributed by atoms with Crippen LogP contribution in [-0.4, -0.2) is 43.5 Å². The van der Waals surface area contributed by atoms with E-state index in [1.54, 1.807) is 4.40 Å². The number of carbonyl (C=O) groups excluding carboxylic acids is 1. The molecule has 2 aliphatic rings. The van der Waals surface area contributed by atoms with Gasteiger partial charge in [-0.2, -0.15) is 0 Å². The Balaban J connectivity index is 1.62. The molecular weight excluding hydrogens is 266 g/mol. The Bertz CT molecular complexity index is 701. The van der Waals surface area contributed by atoms with Gasteiger partial charge in [-0.15, -0.1) is 10.2 Å². The first-order valence-corrected chi connectivity index (χ1v) is 7.65. The molecule has 1 spiro atoms. The molecular formula is C15H19N5O. The van der Waals surface area contributed by atoms with Crippen molar-refractivity contribution in [3.05, 3.63) is 23.8 Å². The van der Waals surface area contributed by atoms with E-state index >= 15 is 0 Å². The van der Waals surface area contributed by atoms with Gasteiger partial charge in [0.05, 0.1) is 0 Å². The van der Waals surface area contributed by atoms with E-state index in [0.29, 0.717) is 17.0 Å². The second kappa shape index (κ2) is 4.51. The van der Waals surface area contributed by atoms with Gasteiger partial charge in [0.2, 0.25) is 5.82 Å². The van der Waals surface area contributed by atoms with Crippen LogP contribution in [0.15, 0.2) is 12.3 Å². The number of likely N-dealkylation sites (tertiary alicyclic amines) is 1. The van der Waals surface area contributed by atoms with Gasteiger partial charge in [-0.3, -0.25) is 9.20 Å². The number of aromatic nitrogens is 4. The molecule has 2 aromatic heterocycles. The van der Waals surface area contributed by atoms with Crippen molar-refractivity contribution in [3.63, 3.8) is 0 Å². The quantitative estimate of drug-likeness (QED) is 0.802. The molecule has 6 nitrogen and oxygen atoms in total. The summed E-state index contributed by atoms with van der Waals surface area (Å²) in [6.07, 6.45) is 8.09. The monoisotopic (exact) mass is 285 g/mol. The molecule has 1 amide bonds. The van der Waals surface area contributed by atoms with Gasteiger partial charge < -0.3 is 4.90 Å². The first-order valence-electron chi connectivity index (χ1n) is 7.65. The van der Waals surface area contributed by atoms with Crippen molar-refractivity contribution in [2.24, 2.45) is 5.41 Å². The molecule has 0 aromatic carbocycles. The molecule has 1 saturated heterocycles. The number of hydrogen-bond acceptors (Lipinski definition) is 4. The molecule has 110 valence electrons. The van der Waals surface area contributed by atoms with Gasteiger partial charge in [-0.05, 0) is 37.7 Å². The molecule has 0 bridgehead atoms. The largest absolute Gasteiger partial charge is 0.335 e. The van der Waals surface area contributed by atoms with Crippen molar-refractivity contribution < 1.29 is 4.79 Å². The molecule has 0 atom stereocenters. The lowest BCUT2D eigenvalue weighted by Crippen LogP contribution is -2.32. The minimum absolute atomic E-state index is 0.0167. The molecule has 0 N–H and O–H groups in total. The third-order valence-electron chi connectivity index (χ3n) is 5.00. The maximum atomic E-state index is 12.7. The fourth-order valence-electron chi connectivity index (χ4n) is 3.80. The standard InChI is InChI=1S/C15H19N5O/c1-11-4-8-20-12(17-18-14(20)16-11)13(21)19-9-7-15(10-19)5-2-3-6-15/h4,8H,2-3,5-7,9-10H2,1H3. The van der Waals surface area contributed by atoms with Crippen LogP contribution in [0.4, 0.5) is 0 Å².